The number of hydrogen-bond donors (Lipinski definition) is 2. The molecule has 0 aliphatic rings. The van der Waals surface area contributed by atoms with E-state index < -0.39 is 11.8 Å². The third kappa shape index (κ3) is 5.91. The Bertz CT molecular complexity index is 1020. The zero-order valence-corrected chi connectivity index (χ0v) is 16.6. The number of benzene rings is 1. The molecule has 2 N–H and O–H groups in total. The number of hydrogen-bond acceptors (Lipinski definition) is 5. The molecule has 148 valence electrons. The number of nitrogens with one attached hydrogen (secondary N) is 2. The van der Waals surface area contributed by atoms with Crippen LogP contribution in [0.2, 0.25) is 10.0 Å². The van der Waals surface area contributed by atoms with Crippen LogP contribution in [0, 0.1) is 0 Å². The standard InChI is InChI=1S/C20H16Cl2N4O3/c21-14-3-4-15(16(22)10-14)20(28)25-11-18(27)26-19-17(2-1-7-24-19)29-12-13-5-8-23-9-6-13/h1-10H,11-12H2,(H,25,28)(H,24,26,27). The Morgan fingerprint density at radius 2 is 1.83 bits per heavy atom. The van der Waals surface area contributed by atoms with Crippen molar-refractivity contribution >= 4 is 40.8 Å². The van der Waals surface area contributed by atoms with E-state index in [-0.39, 0.29) is 22.9 Å². The summed E-state index contributed by atoms with van der Waals surface area (Å²) in [5.74, 6) is -0.289. The van der Waals surface area contributed by atoms with Crippen LogP contribution in [0.5, 0.6) is 5.75 Å². The SMILES string of the molecule is O=C(CNC(=O)c1ccc(Cl)cc1Cl)Nc1ncccc1OCc1ccncc1. The third-order valence-electron chi connectivity index (χ3n) is 3.76. The Labute approximate surface area is 177 Å². The van der Waals surface area contributed by atoms with E-state index in [0.29, 0.717) is 17.4 Å². The summed E-state index contributed by atoms with van der Waals surface area (Å²) in [6.45, 7) is 0.0288. The first kappa shape index (κ1) is 20.6. The van der Waals surface area contributed by atoms with Crippen LogP contribution in [0.1, 0.15) is 15.9 Å². The van der Waals surface area contributed by atoms with E-state index in [2.05, 4.69) is 20.6 Å². The number of anilines is 1. The van der Waals surface area contributed by atoms with Gasteiger partial charge in [0.25, 0.3) is 5.91 Å². The molecule has 0 aliphatic carbocycles. The van der Waals surface area contributed by atoms with Gasteiger partial charge < -0.3 is 15.4 Å². The van der Waals surface area contributed by atoms with Crippen LogP contribution in [0.15, 0.2) is 61.1 Å². The van der Waals surface area contributed by atoms with Gasteiger partial charge in [-0.25, -0.2) is 4.98 Å². The summed E-state index contributed by atoms with van der Waals surface area (Å²) in [6.07, 6.45) is 4.86. The molecule has 0 saturated heterocycles. The zero-order chi connectivity index (χ0) is 20.6. The average molecular weight is 431 g/mol. The maximum absolute atomic E-state index is 12.2. The molecule has 2 aromatic heterocycles. The fraction of sp³-hybridized carbons (Fsp3) is 0.100. The van der Waals surface area contributed by atoms with Crippen LogP contribution in [-0.2, 0) is 11.4 Å². The van der Waals surface area contributed by atoms with Gasteiger partial charge in [0.2, 0.25) is 5.91 Å². The number of aromatic nitrogens is 2. The molecule has 0 unspecified atom stereocenters. The first-order valence-corrected chi connectivity index (χ1v) is 9.28. The van der Waals surface area contributed by atoms with Crippen molar-refractivity contribution in [3.8, 4) is 5.75 Å². The van der Waals surface area contributed by atoms with Gasteiger partial charge in [-0.2, -0.15) is 0 Å². The number of carbonyl (C=O) groups excluding carboxylic acids is 2. The molecule has 0 bridgehead atoms. The Hall–Kier alpha value is -3.16. The molecule has 0 aliphatic heterocycles. The summed E-state index contributed by atoms with van der Waals surface area (Å²) >= 11 is 11.8. The third-order valence-corrected chi connectivity index (χ3v) is 4.31. The number of carbonyl (C=O) groups is 2. The number of pyridine rings is 2. The van der Waals surface area contributed by atoms with Crippen LogP contribution >= 0.6 is 23.2 Å². The first-order chi connectivity index (χ1) is 14.0. The summed E-state index contributed by atoms with van der Waals surface area (Å²) in [4.78, 5) is 32.5. The van der Waals surface area contributed by atoms with Gasteiger partial charge in [-0.1, -0.05) is 23.2 Å². The highest BCUT2D eigenvalue weighted by atomic mass is 35.5. The second kappa shape index (κ2) is 9.86. The van der Waals surface area contributed by atoms with Crippen molar-refractivity contribution < 1.29 is 14.3 Å². The van der Waals surface area contributed by atoms with Gasteiger partial charge in [0, 0.05) is 23.6 Å². The average Bonchev–Trinajstić information content (AvgIpc) is 2.72. The number of ether oxygens (including phenoxy) is 1. The molecule has 9 heteroatoms. The van der Waals surface area contributed by atoms with Crippen LogP contribution in [0.3, 0.4) is 0 Å². The van der Waals surface area contributed by atoms with Gasteiger partial charge in [0.05, 0.1) is 17.1 Å². The minimum absolute atomic E-state index is 0.201. The molecule has 0 saturated carbocycles. The quantitative estimate of drug-likeness (QED) is 0.595. The molecule has 2 amide bonds. The molecule has 3 rings (SSSR count). The molecule has 0 fully saturated rings. The van der Waals surface area contributed by atoms with Gasteiger partial charge >= 0.3 is 0 Å². The van der Waals surface area contributed by atoms with Crippen molar-refractivity contribution in [2.45, 2.75) is 6.61 Å². The van der Waals surface area contributed by atoms with Crippen LogP contribution in [0.4, 0.5) is 5.82 Å². The van der Waals surface area contributed by atoms with E-state index in [1.165, 1.54) is 18.3 Å². The Balaban J connectivity index is 1.57. The highest BCUT2D eigenvalue weighted by Gasteiger charge is 2.14. The first-order valence-electron chi connectivity index (χ1n) is 8.53. The van der Waals surface area contributed by atoms with Gasteiger partial charge in [-0.3, -0.25) is 14.6 Å². The Morgan fingerprint density at radius 3 is 2.59 bits per heavy atom. The number of rotatable bonds is 7. The van der Waals surface area contributed by atoms with Crippen molar-refractivity contribution in [2.75, 3.05) is 11.9 Å². The van der Waals surface area contributed by atoms with Crippen LogP contribution in [0.25, 0.3) is 0 Å². The van der Waals surface area contributed by atoms with Gasteiger partial charge in [-0.15, -0.1) is 0 Å². The van der Waals surface area contributed by atoms with Gasteiger partial charge in [-0.05, 0) is 48.0 Å². The summed E-state index contributed by atoms with van der Waals surface area (Å²) in [5.41, 5.74) is 1.15. The molecule has 7 nitrogen and oxygen atoms in total. The van der Waals surface area contributed by atoms with E-state index in [9.17, 15) is 9.59 Å². The number of amides is 2. The molecule has 2 heterocycles. The predicted octanol–water partition coefficient (Wildman–Crippen LogP) is 3.73. The molecule has 0 spiro atoms. The minimum atomic E-state index is -0.489. The fourth-order valence-corrected chi connectivity index (χ4v) is 2.84. The summed E-state index contributed by atoms with van der Waals surface area (Å²) in [6, 6.07) is 11.5. The van der Waals surface area contributed by atoms with Crippen molar-refractivity contribution in [3.05, 3.63) is 82.2 Å². The van der Waals surface area contributed by atoms with Crippen LogP contribution in [-0.4, -0.2) is 28.3 Å². The molecule has 3 aromatic rings. The van der Waals surface area contributed by atoms with E-state index in [1.807, 2.05) is 12.1 Å². The molecular formula is C20H16Cl2N4O3. The molecule has 1 aromatic carbocycles. The van der Waals surface area contributed by atoms with E-state index >= 15 is 0 Å². The Kier molecular flexibility index (Phi) is 6.99. The monoisotopic (exact) mass is 430 g/mol. The zero-order valence-electron chi connectivity index (χ0n) is 15.1. The fourth-order valence-electron chi connectivity index (χ4n) is 2.35. The highest BCUT2D eigenvalue weighted by molar-refractivity contribution is 6.36. The lowest BCUT2D eigenvalue weighted by Crippen LogP contribution is -2.33. The van der Waals surface area contributed by atoms with E-state index in [0.717, 1.165) is 5.56 Å². The summed E-state index contributed by atoms with van der Waals surface area (Å²) in [5, 5.41) is 5.74. The van der Waals surface area contributed by atoms with E-state index in [4.69, 9.17) is 27.9 Å². The molecule has 0 radical (unpaired) electrons. The molecule has 29 heavy (non-hydrogen) atoms. The highest BCUT2D eigenvalue weighted by Crippen LogP contribution is 2.22. The maximum Gasteiger partial charge on any atom is 0.253 e. The topological polar surface area (TPSA) is 93.2 Å². The summed E-state index contributed by atoms with van der Waals surface area (Å²) in [7, 11) is 0. The lowest BCUT2D eigenvalue weighted by molar-refractivity contribution is -0.115. The van der Waals surface area contributed by atoms with Gasteiger partial charge in [0.1, 0.15) is 6.61 Å². The number of nitrogens with zero attached hydrogens (tertiary/aromatic N) is 2. The largest absolute Gasteiger partial charge is 0.485 e. The second-order valence-electron chi connectivity index (χ2n) is 5.85. The van der Waals surface area contributed by atoms with Crippen molar-refractivity contribution in [2.24, 2.45) is 0 Å². The molecular weight excluding hydrogens is 415 g/mol. The van der Waals surface area contributed by atoms with Crippen molar-refractivity contribution in [3.63, 3.8) is 0 Å². The second-order valence-corrected chi connectivity index (χ2v) is 6.69. The van der Waals surface area contributed by atoms with Crippen LogP contribution < -0.4 is 15.4 Å². The summed E-state index contributed by atoms with van der Waals surface area (Å²) < 4.78 is 5.72. The van der Waals surface area contributed by atoms with E-state index in [1.54, 1.807) is 30.6 Å². The smallest absolute Gasteiger partial charge is 0.253 e. The van der Waals surface area contributed by atoms with Crippen molar-refractivity contribution in [1.82, 2.24) is 15.3 Å². The number of halogens is 2. The predicted molar refractivity (Wildman–Crippen MR) is 110 cm³/mol. The lowest BCUT2D eigenvalue weighted by Gasteiger charge is -2.12. The van der Waals surface area contributed by atoms with Gasteiger partial charge in [0.15, 0.2) is 11.6 Å². The normalized spacial score (nSPS) is 10.3. The lowest BCUT2D eigenvalue weighted by atomic mass is 10.2. The maximum atomic E-state index is 12.2. The molecule has 0 atom stereocenters. The Morgan fingerprint density at radius 1 is 1.03 bits per heavy atom. The minimum Gasteiger partial charge on any atom is -0.485 e. The van der Waals surface area contributed by atoms with Crippen molar-refractivity contribution in [1.29, 1.82) is 0 Å².